The number of nitrogen functional groups attached to an aromatic ring is 2. The van der Waals surface area contributed by atoms with Crippen LogP contribution in [0.3, 0.4) is 0 Å². The number of hydrogen-bond acceptors (Lipinski definition) is 6. The molecule has 22 heavy (non-hydrogen) atoms. The number of carbonyl (C=O) groups excluding carboxylic acids is 2. The number of anilines is 2. The van der Waals surface area contributed by atoms with Crippen molar-refractivity contribution in [2.75, 3.05) is 11.5 Å². The van der Waals surface area contributed by atoms with Crippen LogP contribution >= 0.6 is 0 Å². The van der Waals surface area contributed by atoms with Gasteiger partial charge < -0.3 is 11.5 Å². The fraction of sp³-hybridized carbons (Fsp3) is 0. The minimum Gasteiger partial charge on any atom is -0.397 e. The molecule has 3 rings (SSSR count). The van der Waals surface area contributed by atoms with Gasteiger partial charge in [-0.15, -0.1) is 0 Å². The molecule has 0 aromatic heterocycles. The Hall–Kier alpha value is -2.71. The topological polar surface area (TPSA) is 141 Å². The molecule has 8 heteroatoms. The van der Waals surface area contributed by atoms with Gasteiger partial charge >= 0.3 is 0 Å². The first kappa shape index (κ1) is 14.2. The molecule has 1 aliphatic carbocycles. The summed E-state index contributed by atoms with van der Waals surface area (Å²) < 4.78 is 32.6. The van der Waals surface area contributed by atoms with Crippen LogP contribution in [0.4, 0.5) is 11.4 Å². The number of rotatable bonds is 1. The van der Waals surface area contributed by atoms with Crippen molar-refractivity contribution in [3.63, 3.8) is 0 Å². The molecule has 0 fully saturated rings. The predicted molar refractivity (Wildman–Crippen MR) is 78.4 cm³/mol. The fourth-order valence-electron chi connectivity index (χ4n) is 2.52. The lowest BCUT2D eigenvalue weighted by Crippen LogP contribution is -2.25. The summed E-state index contributed by atoms with van der Waals surface area (Å²) in [6.07, 6.45) is 0. The van der Waals surface area contributed by atoms with E-state index in [2.05, 4.69) is 0 Å². The highest BCUT2D eigenvalue weighted by molar-refractivity contribution is 7.86. The molecule has 2 aromatic rings. The average Bonchev–Trinajstić information content (AvgIpc) is 2.45. The van der Waals surface area contributed by atoms with E-state index >= 15 is 0 Å². The van der Waals surface area contributed by atoms with E-state index in [9.17, 15) is 22.6 Å². The summed E-state index contributed by atoms with van der Waals surface area (Å²) in [4.78, 5) is 24.2. The summed E-state index contributed by atoms with van der Waals surface area (Å²) in [6, 6.07) is 7.13. The first-order valence-corrected chi connectivity index (χ1v) is 7.55. The van der Waals surface area contributed by atoms with Crippen molar-refractivity contribution < 1.29 is 22.6 Å². The lowest BCUT2D eigenvalue weighted by Gasteiger charge is -2.21. The molecule has 0 unspecified atom stereocenters. The summed E-state index contributed by atoms with van der Waals surface area (Å²) in [7, 11) is -4.83. The standard InChI is InChI=1S/C14H10N2O5S/c15-9-5-8-10(14(11(9)16)22(19,20)21)13(18)7-4-2-1-3-6(7)12(8)17/h1-5H,15-16H2,(H,19,20,21). The summed E-state index contributed by atoms with van der Waals surface area (Å²) >= 11 is 0. The summed E-state index contributed by atoms with van der Waals surface area (Å²) in [5.74, 6) is -1.26. The Kier molecular flexibility index (Phi) is 2.84. The molecule has 1 aliphatic rings. The van der Waals surface area contributed by atoms with Crippen molar-refractivity contribution in [3.05, 3.63) is 52.6 Å². The predicted octanol–water partition coefficient (Wildman–Crippen LogP) is 0.873. The second-order valence-electron chi connectivity index (χ2n) is 4.81. The highest BCUT2D eigenvalue weighted by Gasteiger charge is 2.36. The van der Waals surface area contributed by atoms with Crippen molar-refractivity contribution in [1.82, 2.24) is 0 Å². The Balaban J connectivity index is 2.49. The Morgan fingerprint density at radius 3 is 2.00 bits per heavy atom. The lowest BCUT2D eigenvalue weighted by atomic mass is 9.83. The molecule has 0 aliphatic heterocycles. The molecule has 0 heterocycles. The molecule has 0 saturated heterocycles. The maximum Gasteiger partial charge on any atom is 0.297 e. The maximum absolute atomic E-state index is 12.6. The van der Waals surface area contributed by atoms with Crippen LogP contribution in [-0.2, 0) is 10.1 Å². The number of nitrogens with two attached hydrogens (primary N) is 2. The van der Waals surface area contributed by atoms with Crippen molar-refractivity contribution in [2.24, 2.45) is 0 Å². The molecule has 0 bridgehead atoms. The first-order valence-electron chi connectivity index (χ1n) is 6.11. The van der Waals surface area contributed by atoms with Gasteiger partial charge in [0.05, 0.1) is 16.9 Å². The highest BCUT2D eigenvalue weighted by atomic mass is 32.2. The smallest absolute Gasteiger partial charge is 0.297 e. The molecule has 112 valence electrons. The third-order valence-electron chi connectivity index (χ3n) is 3.50. The molecule has 0 spiro atoms. The van der Waals surface area contributed by atoms with Crippen LogP contribution in [0.2, 0.25) is 0 Å². The summed E-state index contributed by atoms with van der Waals surface area (Å²) in [5, 5.41) is 0. The van der Waals surface area contributed by atoms with Gasteiger partial charge in [-0.2, -0.15) is 8.42 Å². The third kappa shape index (κ3) is 1.81. The van der Waals surface area contributed by atoms with Gasteiger partial charge in [0.1, 0.15) is 4.90 Å². The van der Waals surface area contributed by atoms with Crippen LogP contribution in [0, 0.1) is 0 Å². The SMILES string of the molecule is Nc1cc2c(c(S(=O)(=O)O)c1N)C(=O)c1ccccc1C2=O. The second-order valence-corrected chi connectivity index (χ2v) is 6.17. The van der Waals surface area contributed by atoms with E-state index in [-0.39, 0.29) is 22.4 Å². The third-order valence-corrected chi connectivity index (χ3v) is 4.44. The minimum absolute atomic E-state index is 0.0501. The number of benzene rings is 2. The van der Waals surface area contributed by atoms with Crippen molar-refractivity contribution in [1.29, 1.82) is 0 Å². The maximum atomic E-state index is 12.6. The minimum atomic E-state index is -4.83. The zero-order valence-corrected chi connectivity index (χ0v) is 11.8. The van der Waals surface area contributed by atoms with Crippen molar-refractivity contribution >= 4 is 33.1 Å². The monoisotopic (exact) mass is 318 g/mol. The van der Waals surface area contributed by atoms with E-state index in [0.717, 1.165) is 6.07 Å². The summed E-state index contributed by atoms with van der Waals surface area (Å²) in [6.45, 7) is 0. The Morgan fingerprint density at radius 2 is 1.45 bits per heavy atom. The highest BCUT2D eigenvalue weighted by Crippen LogP contribution is 2.37. The largest absolute Gasteiger partial charge is 0.397 e. The normalized spacial score (nSPS) is 13.7. The Labute approximate surface area is 125 Å². The second kappa shape index (κ2) is 4.39. The molecule has 0 saturated carbocycles. The van der Waals surface area contributed by atoms with Crippen LogP contribution in [0.25, 0.3) is 0 Å². The van der Waals surface area contributed by atoms with E-state index in [4.69, 9.17) is 11.5 Å². The fourth-order valence-corrected chi connectivity index (χ4v) is 3.38. The zero-order valence-electron chi connectivity index (χ0n) is 11.0. The van der Waals surface area contributed by atoms with E-state index in [1.807, 2.05) is 0 Å². The van der Waals surface area contributed by atoms with Gasteiger partial charge in [-0.3, -0.25) is 14.1 Å². The van der Waals surface area contributed by atoms with Gasteiger partial charge in [0.2, 0.25) is 0 Å². The quantitative estimate of drug-likeness (QED) is 0.446. The van der Waals surface area contributed by atoms with Crippen LogP contribution in [0.15, 0.2) is 35.2 Å². The number of hydrogen-bond donors (Lipinski definition) is 3. The molecule has 2 aromatic carbocycles. The van der Waals surface area contributed by atoms with E-state index < -0.39 is 37.8 Å². The molecule has 0 radical (unpaired) electrons. The van der Waals surface area contributed by atoms with Gasteiger partial charge in [-0.1, -0.05) is 24.3 Å². The summed E-state index contributed by atoms with van der Waals surface area (Å²) in [5.41, 5.74) is 10.1. The van der Waals surface area contributed by atoms with E-state index in [1.54, 1.807) is 12.1 Å². The molecule has 0 atom stereocenters. The average molecular weight is 318 g/mol. The van der Waals surface area contributed by atoms with Crippen molar-refractivity contribution in [2.45, 2.75) is 4.90 Å². The number of carbonyl (C=O) groups is 2. The van der Waals surface area contributed by atoms with Crippen LogP contribution < -0.4 is 11.5 Å². The van der Waals surface area contributed by atoms with Gasteiger partial charge in [-0.05, 0) is 6.07 Å². The zero-order chi connectivity index (χ0) is 16.2. The Bertz CT molecular complexity index is 963. The molecule has 5 N–H and O–H groups in total. The molecular formula is C14H10N2O5S. The number of ketones is 2. The van der Waals surface area contributed by atoms with Crippen LogP contribution in [-0.4, -0.2) is 24.5 Å². The molecule has 0 amide bonds. The first-order chi connectivity index (χ1) is 10.2. The molecular weight excluding hydrogens is 308 g/mol. The lowest BCUT2D eigenvalue weighted by molar-refractivity contribution is 0.0977. The van der Waals surface area contributed by atoms with E-state index in [0.29, 0.717) is 0 Å². The van der Waals surface area contributed by atoms with Crippen LogP contribution in [0.5, 0.6) is 0 Å². The van der Waals surface area contributed by atoms with Gasteiger partial charge in [0.25, 0.3) is 10.1 Å². The van der Waals surface area contributed by atoms with Crippen LogP contribution in [0.1, 0.15) is 31.8 Å². The van der Waals surface area contributed by atoms with Gasteiger partial charge in [-0.25, -0.2) is 0 Å². The molecule has 7 nitrogen and oxygen atoms in total. The Morgan fingerprint density at radius 1 is 0.909 bits per heavy atom. The van der Waals surface area contributed by atoms with Gasteiger partial charge in [0, 0.05) is 16.7 Å². The number of fused-ring (bicyclic) bond motifs is 2. The van der Waals surface area contributed by atoms with E-state index in [1.165, 1.54) is 12.1 Å². The van der Waals surface area contributed by atoms with Gasteiger partial charge in [0.15, 0.2) is 11.6 Å². The van der Waals surface area contributed by atoms with Crippen molar-refractivity contribution in [3.8, 4) is 0 Å².